The van der Waals surface area contributed by atoms with Crippen LogP contribution in [0, 0.1) is 17.8 Å². The van der Waals surface area contributed by atoms with Crippen LogP contribution in [0.5, 0.6) is 0 Å². The van der Waals surface area contributed by atoms with E-state index in [4.69, 9.17) is 10.7 Å². The summed E-state index contributed by atoms with van der Waals surface area (Å²) in [5, 5.41) is 0. The molecule has 148 valence electrons. The zero-order chi connectivity index (χ0) is 18.0. The molecule has 4 bridgehead atoms. The molecule has 0 amide bonds. The average molecular weight is 361 g/mol. The Hall–Kier alpha value is -0.770. The summed E-state index contributed by atoms with van der Waals surface area (Å²) in [5.41, 5.74) is 6.64. The predicted molar refractivity (Wildman–Crippen MR) is 109 cm³/mol. The maximum absolute atomic E-state index is 6.43. The number of rotatable bonds is 8. The Morgan fingerprint density at radius 1 is 0.962 bits per heavy atom. The predicted octanol–water partition coefficient (Wildman–Crippen LogP) is 3.86. The molecule has 4 saturated carbocycles. The van der Waals surface area contributed by atoms with Crippen LogP contribution in [0.4, 0.5) is 0 Å². The van der Waals surface area contributed by atoms with E-state index in [1.165, 1.54) is 96.7 Å². The Morgan fingerprint density at radius 2 is 1.54 bits per heavy atom. The van der Waals surface area contributed by atoms with Gasteiger partial charge in [-0.05, 0) is 102 Å². The molecule has 4 heteroatoms. The maximum Gasteiger partial charge on any atom is 0.191 e. The minimum atomic E-state index is 0.211. The van der Waals surface area contributed by atoms with Gasteiger partial charge in [-0.2, -0.15) is 0 Å². The van der Waals surface area contributed by atoms with Crippen molar-refractivity contribution in [2.45, 2.75) is 82.6 Å². The minimum absolute atomic E-state index is 0.211. The third-order valence-corrected chi connectivity index (χ3v) is 7.67. The molecule has 4 nitrogen and oxygen atoms in total. The van der Waals surface area contributed by atoms with Crippen molar-refractivity contribution >= 4 is 5.96 Å². The Morgan fingerprint density at radius 3 is 2.15 bits per heavy atom. The molecule has 4 aliphatic carbocycles. The van der Waals surface area contributed by atoms with E-state index in [1.807, 2.05) is 0 Å². The summed E-state index contributed by atoms with van der Waals surface area (Å²) in [6.45, 7) is 5.04. The first-order chi connectivity index (χ1) is 12.6. The van der Waals surface area contributed by atoms with Crippen molar-refractivity contribution in [2.75, 3.05) is 33.2 Å². The van der Waals surface area contributed by atoms with Crippen molar-refractivity contribution in [1.29, 1.82) is 0 Å². The number of likely N-dealkylation sites (tertiary alicyclic amines) is 1. The van der Waals surface area contributed by atoms with E-state index in [1.54, 1.807) is 0 Å². The van der Waals surface area contributed by atoms with Crippen LogP contribution >= 0.6 is 0 Å². The molecule has 26 heavy (non-hydrogen) atoms. The highest BCUT2D eigenvalue weighted by molar-refractivity contribution is 5.78. The smallest absolute Gasteiger partial charge is 0.191 e. The van der Waals surface area contributed by atoms with Crippen LogP contribution in [0.3, 0.4) is 0 Å². The number of nitrogens with zero attached hydrogens (tertiary/aromatic N) is 3. The van der Waals surface area contributed by atoms with Crippen LogP contribution in [-0.4, -0.2) is 54.5 Å². The summed E-state index contributed by atoms with van der Waals surface area (Å²) in [5.74, 6) is 3.64. The molecule has 1 saturated heterocycles. The molecule has 2 N–H and O–H groups in total. The van der Waals surface area contributed by atoms with E-state index in [-0.39, 0.29) is 5.54 Å². The van der Waals surface area contributed by atoms with E-state index in [0.717, 1.165) is 30.3 Å². The molecule has 0 aromatic carbocycles. The Kier molecular flexibility index (Phi) is 5.78. The highest BCUT2D eigenvalue weighted by Crippen LogP contribution is 2.57. The highest BCUT2D eigenvalue weighted by atomic mass is 15.2. The molecule has 0 spiro atoms. The molecule has 1 heterocycles. The molecule has 0 atom stereocenters. The molecule has 0 aromatic rings. The average Bonchev–Trinajstić information content (AvgIpc) is 3.09. The number of guanidine groups is 1. The fourth-order valence-electron chi connectivity index (χ4n) is 6.69. The number of nitrogens with two attached hydrogens (primary N) is 1. The molecular formula is C22H40N4. The number of hydrogen-bond donors (Lipinski definition) is 1. The lowest BCUT2D eigenvalue weighted by Gasteiger charge is -2.55. The summed E-state index contributed by atoms with van der Waals surface area (Å²) in [6, 6.07) is 0. The minimum Gasteiger partial charge on any atom is -0.370 e. The van der Waals surface area contributed by atoms with Crippen molar-refractivity contribution in [3.8, 4) is 0 Å². The van der Waals surface area contributed by atoms with Gasteiger partial charge in [-0.25, -0.2) is 4.99 Å². The quantitative estimate of drug-likeness (QED) is 0.406. The number of aliphatic imine (C=N–C) groups is 1. The second-order valence-corrected chi connectivity index (χ2v) is 10.00. The summed E-state index contributed by atoms with van der Waals surface area (Å²) in [6.07, 6.45) is 16.5. The lowest BCUT2D eigenvalue weighted by molar-refractivity contribution is 0.00110. The molecule has 0 aromatic heterocycles. The second-order valence-electron chi connectivity index (χ2n) is 10.00. The van der Waals surface area contributed by atoms with Crippen molar-refractivity contribution in [2.24, 2.45) is 28.5 Å². The number of hydrogen-bond acceptors (Lipinski definition) is 2. The van der Waals surface area contributed by atoms with E-state index in [0.29, 0.717) is 0 Å². The van der Waals surface area contributed by atoms with Crippen molar-refractivity contribution in [3.05, 3.63) is 0 Å². The molecule has 5 aliphatic rings. The van der Waals surface area contributed by atoms with Crippen LogP contribution in [0.2, 0.25) is 0 Å². The van der Waals surface area contributed by atoms with Crippen LogP contribution in [0.25, 0.3) is 0 Å². The van der Waals surface area contributed by atoms with Gasteiger partial charge < -0.3 is 15.5 Å². The van der Waals surface area contributed by atoms with Crippen LogP contribution in [-0.2, 0) is 0 Å². The van der Waals surface area contributed by atoms with Gasteiger partial charge in [0, 0.05) is 13.6 Å². The summed E-state index contributed by atoms with van der Waals surface area (Å²) >= 11 is 0. The van der Waals surface area contributed by atoms with E-state index >= 15 is 0 Å². The highest BCUT2D eigenvalue weighted by Gasteiger charge is 2.51. The standard InChI is InChI=1S/C22H40N4/c1-25(8-4-2-3-5-9-26-10-6-7-11-26)21(23)24-22-15-18-12-19(16-22)14-20(13-18)17-22/h18-20H,2-17H2,1H3,(H2,23,24). The van der Waals surface area contributed by atoms with Gasteiger partial charge in [0.2, 0.25) is 0 Å². The Bertz CT molecular complexity index is 459. The van der Waals surface area contributed by atoms with Gasteiger partial charge in [-0.15, -0.1) is 0 Å². The van der Waals surface area contributed by atoms with Gasteiger partial charge in [0.15, 0.2) is 5.96 Å². The Balaban J connectivity index is 1.17. The normalized spacial score (nSPS) is 36.8. The maximum atomic E-state index is 6.43. The summed E-state index contributed by atoms with van der Waals surface area (Å²) < 4.78 is 0. The third-order valence-electron chi connectivity index (χ3n) is 7.67. The lowest BCUT2D eigenvalue weighted by atomic mass is 9.53. The Labute approximate surface area is 160 Å². The molecule has 5 fully saturated rings. The van der Waals surface area contributed by atoms with Crippen LogP contribution < -0.4 is 5.73 Å². The summed E-state index contributed by atoms with van der Waals surface area (Å²) in [7, 11) is 2.14. The van der Waals surface area contributed by atoms with Gasteiger partial charge in [0.25, 0.3) is 0 Å². The van der Waals surface area contributed by atoms with Gasteiger partial charge in [-0.3, -0.25) is 0 Å². The SMILES string of the molecule is CN(CCCCCCN1CCCC1)C(N)=NC12CC3CC(CC(C3)C1)C2. The first kappa shape index (κ1) is 18.6. The van der Waals surface area contributed by atoms with Crippen LogP contribution in [0.15, 0.2) is 4.99 Å². The van der Waals surface area contributed by atoms with E-state index in [9.17, 15) is 0 Å². The van der Waals surface area contributed by atoms with E-state index in [2.05, 4.69) is 16.8 Å². The fourth-order valence-corrected chi connectivity index (χ4v) is 6.69. The molecule has 0 radical (unpaired) electrons. The lowest BCUT2D eigenvalue weighted by Crippen LogP contribution is -2.51. The first-order valence-corrected chi connectivity index (χ1v) is 11.4. The van der Waals surface area contributed by atoms with Gasteiger partial charge in [-0.1, -0.05) is 12.8 Å². The molecule has 5 rings (SSSR count). The third kappa shape index (κ3) is 4.37. The zero-order valence-corrected chi connectivity index (χ0v) is 17.0. The van der Waals surface area contributed by atoms with Gasteiger partial charge in [0.1, 0.15) is 0 Å². The topological polar surface area (TPSA) is 44.9 Å². The van der Waals surface area contributed by atoms with Crippen molar-refractivity contribution in [3.63, 3.8) is 0 Å². The molecular weight excluding hydrogens is 320 g/mol. The van der Waals surface area contributed by atoms with Crippen LogP contribution in [0.1, 0.15) is 77.0 Å². The van der Waals surface area contributed by atoms with E-state index < -0.39 is 0 Å². The second kappa shape index (κ2) is 8.08. The fraction of sp³-hybridized carbons (Fsp3) is 0.955. The molecule has 1 aliphatic heterocycles. The zero-order valence-electron chi connectivity index (χ0n) is 17.0. The van der Waals surface area contributed by atoms with Crippen molar-refractivity contribution in [1.82, 2.24) is 9.80 Å². The van der Waals surface area contributed by atoms with Gasteiger partial charge in [0.05, 0.1) is 5.54 Å². The monoisotopic (exact) mass is 360 g/mol. The van der Waals surface area contributed by atoms with Crippen molar-refractivity contribution < 1.29 is 0 Å². The van der Waals surface area contributed by atoms with Gasteiger partial charge >= 0.3 is 0 Å². The molecule has 0 unspecified atom stereocenters. The largest absolute Gasteiger partial charge is 0.370 e. The first-order valence-electron chi connectivity index (χ1n) is 11.4. The number of unbranched alkanes of at least 4 members (excludes halogenated alkanes) is 3. The summed E-state index contributed by atoms with van der Waals surface area (Å²) in [4.78, 5) is 10.00.